The molecule has 10 rings (SSSR count). The summed E-state index contributed by atoms with van der Waals surface area (Å²) in [5.41, 5.74) is 15.0. The zero-order valence-corrected chi connectivity index (χ0v) is 31.5. The van der Waals surface area contributed by atoms with Crippen LogP contribution in [0.2, 0.25) is 0 Å². The first-order valence-corrected chi connectivity index (χ1v) is 19.4. The normalized spacial score (nSPS) is 11.3. The van der Waals surface area contributed by atoms with Crippen LogP contribution in [0.3, 0.4) is 0 Å². The number of hydrogen-bond acceptors (Lipinski definition) is 3. The molecule has 0 radical (unpaired) electrons. The van der Waals surface area contributed by atoms with Crippen LogP contribution in [-0.2, 0) is 6.42 Å². The van der Waals surface area contributed by atoms with Crippen molar-refractivity contribution in [3.63, 3.8) is 0 Å². The van der Waals surface area contributed by atoms with Crippen LogP contribution >= 0.6 is 0 Å². The highest BCUT2D eigenvalue weighted by molar-refractivity contribution is 6.11. The molecule has 0 bridgehead atoms. The van der Waals surface area contributed by atoms with Crippen LogP contribution in [-0.4, -0.2) is 19.5 Å². The van der Waals surface area contributed by atoms with Gasteiger partial charge in [0.2, 0.25) is 0 Å². The molecule has 8 aromatic carbocycles. The largest absolute Gasteiger partial charge is 0.309 e. The highest BCUT2D eigenvalue weighted by Crippen LogP contribution is 2.39. The Hall–Kier alpha value is -7.43. The average molecular weight is 731 g/mol. The summed E-state index contributed by atoms with van der Waals surface area (Å²) in [4.78, 5) is 15.1. The Morgan fingerprint density at radius 2 is 0.860 bits per heavy atom. The van der Waals surface area contributed by atoms with Crippen LogP contribution in [0.25, 0.3) is 83.9 Å². The molecule has 0 aliphatic carbocycles. The Kier molecular flexibility index (Phi) is 8.77. The molecule has 270 valence electrons. The minimum absolute atomic E-state index is 0.638. The lowest BCUT2D eigenvalue weighted by molar-refractivity contribution is 1.07. The molecule has 0 saturated carbocycles. The molecule has 0 spiro atoms. The summed E-state index contributed by atoms with van der Waals surface area (Å²) < 4.78 is 2.36. The Morgan fingerprint density at radius 3 is 1.49 bits per heavy atom. The fraction of sp³-hybridized carbons (Fsp3) is 0.0377. The van der Waals surface area contributed by atoms with Gasteiger partial charge in [-0.15, -0.1) is 0 Å². The van der Waals surface area contributed by atoms with Gasteiger partial charge in [0, 0.05) is 33.2 Å². The summed E-state index contributed by atoms with van der Waals surface area (Å²) in [6.07, 6.45) is 0.884. The van der Waals surface area contributed by atoms with Gasteiger partial charge in [-0.2, -0.15) is 0 Å². The van der Waals surface area contributed by atoms with E-state index >= 15 is 0 Å². The zero-order valence-electron chi connectivity index (χ0n) is 31.5. The molecule has 4 heteroatoms. The van der Waals surface area contributed by atoms with Crippen molar-refractivity contribution in [1.29, 1.82) is 0 Å². The molecule has 0 atom stereocenters. The molecule has 4 nitrogen and oxygen atoms in total. The number of hydrogen-bond donors (Lipinski definition) is 0. The SMILES string of the molecule is Cc1ccc(-c2ccc3c(c2)c2cc(-c4nc(-c5ccccc5)nc(-c5ccccc5)n4)ccc2n3-c2ccccc2)cc1-c1ccccc1Cc1ccccc1. The second kappa shape index (κ2) is 14.7. The Balaban J connectivity index is 1.14. The van der Waals surface area contributed by atoms with Gasteiger partial charge in [0.05, 0.1) is 11.0 Å². The fourth-order valence-corrected chi connectivity index (χ4v) is 7.98. The third-order valence-electron chi connectivity index (χ3n) is 10.9. The van der Waals surface area contributed by atoms with Crippen molar-refractivity contribution >= 4 is 21.8 Å². The maximum Gasteiger partial charge on any atom is 0.164 e. The second-order valence-corrected chi connectivity index (χ2v) is 14.5. The van der Waals surface area contributed by atoms with Gasteiger partial charge in [0.15, 0.2) is 17.5 Å². The molecule has 57 heavy (non-hydrogen) atoms. The lowest BCUT2D eigenvalue weighted by atomic mass is 9.90. The first kappa shape index (κ1) is 34.1. The summed E-state index contributed by atoms with van der Waals surface area (Å²) in [7, 11) is 0. The van der Waals surface area contributed by atoms with E-state index in [1.165, 1.54) is 44.3 Å². The molecule has 0 aliphatic heterocycles. The van der Waals surface area contributed by atoms with E-state index < -0.39 is 0 Å². The van der Waals surface area contributed by atoms with Crippen molar-refractivity contribution in [2.45, 2.75) is 13.3 Å². The van der Waals surface area contributed by atoms with Crippen LogP contribution in [0, 0.1) is 6.92 Å². The third kappa shape index (κ3) is 6.58. The zero-order chi connectivity index (χ0) is 38.1. The van der Waals surface area contributed by atoms with Crippen molar-refractivity contribution in [2.75, 3.05) is 0 Å². The summed E-state index contributed by atoms with van der Waals surface area (Å²) in [6.45, 7) is 2.21. The second-order valence-electron chi connectivity index (χ2n) is 14.5. The Labute approximate surface area is 332 Å². The van der Waals surface area contributed by atoms with Crippen molar-refractivity contribution < 1.29 is 0 Å². The molecular formula is C53H38N4. The average Bonchev–Trinajstić information content (AvgIpc) is 3.61. The quantitative estimate of drug-likeness (QED) is 0.156. The maximum atomic E-state index is 5.07. The van der Waals surface area contributed by atoms with Crippen LogP contribution < -0.4 is 0 Å². The van der Waals surface area contributed by atoms with E-state index in [1.54, 1.807) is 0 Å². The summed E-state index contributed by atoms with van der Waals surface area (Å²) in [6, 6.07) is 70.8. The lowest BCUT2D eigenvalue weighted by Crippen LogP contribution is -2.00. The highest BCUT2D eigenvalue weighted by Gasteiger charge is 2.18. The van der Waals surface area contributed by atoms with Crippen molar-refractivity contribution in [2.24, 2.45) is 0 Å². The highest BCUT2D eigenvalue weighted by atomic mass is 15.0. The molecule has 0 aliphatic rings. The number of rotatable bonds is 8. The van der Waals surface area contributed by atoms with Gasteiger partial charge in [0.1, 0.15) is 0 Å². The third-order valence-corrected chi connectivity index (χ3v) is 10.9. The van der Waals surface area contributed by atoms with Crippen LogP contribution in [0.15, 0.2) is 200 Å². The summed E-state index contributed by atoms with van der Waals surface area (Å²) >= 11 is 0. The van der Waals surface area contributed by atoms with E-state index in [0.717, 1.165) is 45.2 Å². The molecule has 10 aromatic rings. The summed E-state index contributed by atoms with van der Waals surface area (Å²) in [5, 5.41) is 2.30. The van der Waals surface area contributed by atoms with Crippen molar-refractivity contribution in [3.05, 3.63) is 217 Å². The van der Waals surface area contributed by atoms with E-state index in [-0.39, 0.29) is 0 Å². The number of para-hydroxylation sites is 1. The van der Waals surface area contributed by atoms with Gasteiger partial charge in [-0.05, 0) is 101 Å². The Bertz CT molecular complexity index is 2970. The van der Waals surface area contributed by atoms with E-state index in [9.17, 15) is 0 Å². The van der Waals surface area contributed by atoms with E-state index in [2.05, 4.69) is 151 Å². The van der Waals surface area contributed by atoms with E-state index in [4.69, 9.17) is 15.0 Å². The van der Waals surface area contributed by atoms with Crippen molar-refractivity contribution in [3.8, 4) is 62.1 Å². The molecule has 0 unspecified atom stereocenters. The Morgan fingerprint density at radius 1 is 0.386 bits per heavy atom. The first-order valence-electron chi connectivity index (χ1n) is 19.4. The van der Waals surface area contributed by atoms with Crippen LogP contribution in [0.4, 0.5) is 0 Å². The van der Waals surface area contributed by atoms with Gasteiger partial charge in [0.25, 0.3) is 0 Å². The topological polar surface area (TPSA) is 43.6 Å². The number of fused-ring (bicyclic) bond motifs is 3. The van der Waals surface area contributed by atoms with Gasteiger partial charge >= 0.3 is 0 Å². The minimum atomic E-state index is 0.638. The first-order chi connectivity index (χ1) is 28.2. The van der Waals surface area contributed by atoms with Gasteiger partial charge in [-0.1, -0.05) is 152 Å². The molecule has 2 aromatic heterocycles. The predicted molar refractivity (Wildman–Crippen MR) is 235 cm³/mol. The molecular weight excluding hydrogens is 693 g/mol. The van der Waals surface area contributed by atoms with Crippen LogP contribution in [0.1, 0.15) is 16.7 Å². The smallest absolute Gasteiger partial charge is 0.164 e. The molecule has 0 amide bonds. The number of aryl methyl sites for hydroxylation is 1. The summed E-state index contributed by atoms with van der Waals surface area (Å²) in [5.74, 6) is 1.93. The molecule has 0 N–H and O–H groups in total. The fourth-order valence-electron chi connectivity index (χ4n) is 7.98. The van der Waals surface area contributed by atoms with Crippen LogP contribution in [0.5, 0.6) is 0 Å². The minimum Gasteiger partial charge on any atom is -0.309 e. The number of benzene rings is 8. The van der Waals surface area contributed by atoms with E-state index in [1.807, 2.05) is 60.7 Å². The lowest BCUT2D eigenvalue weighted by Gasteiger charge is -2.14. The molecule has 0 fully saturated rings. The van der Waals surface area contributed by atoms with Gasteiger partial charge in [-0.3, -0.25) is 0 Å². The monoisotopic (exact) mass is 730 g/mol. The number of nitrogens with zero attached hydrogens (tertiary/aromatic N) is 4. The molecule has 0 saturated heterocycles. The standard InChI is InChI=1S/C53H38N4/c1-36-26-27-40(33-46(36)45-25-15-14-22-42(45)32-37-16-6-2-7-17-37)41-28-30-49-47(34-41)48-35-43(29-31-50(48)57(49)44-23-12-5-13-24-44)53-55-51(38-18-8-3-9-19-38)54-52(56-53)39-20-10-4-11-21-39/h2-31,33-35H,32H2,1H3. The maximum absolute atomic E-state index is 5.07. The number of aromatic nitrogens is 4. The van der Waals surface area contributed by atoms with Gasteiger partial charge < -0.3 is 4.57 Å². The predicted octanol–water partition coefficient (Wildman–Crippen LogP) is 13.2. The molecule has 2 heterocycles. The van der Waals surface area contributed by atoms with E-state index in [0.29, 0.717) is 17.5 Å². The van der Waals surface area contributed by atoms with Gasteiger partial charge in [-0.25, -0.2) is 15.0 Å². The van der Waals surface area contributed by atoms with Crippen molar-refractivity contribution in [1.82, 2.24) is 19.5 Å².